The minimum Gasteiger partial charge on any atom is -0.345 e. The highest BCUT2D eigenvalue weighted by atomic mass is 19.1. The number of amides is 1. The predicted molar refractivity (Wildman–Crippen MR) is 88.8 cm³/mol. The molecule has 0 radical (unpaired) electrons. The summed E-state index contributed by atoms with van der Waals surface area (Å²) >= 11 is 0. The number of rotatable bonds is 3. The predicted octanol–water partition coefficient (Wildman–Crippen LogP) is 4.17. The maximum atomic E-state index is 13.5. The monoisotopic (exact) mass is 308 g/mol. The van der Waals surface area contributed by atoms with E-state index in [0.717, 1.165) is 11.3 Å². The molecular formula is C19H17FN2O. The number of pyridine rings is 1. The number of nitrogens with zero attached hydrogens (tertiary/aromatic N) is 1. The Bertz CT molecular complexity index is 862. The van der Waals surface area contributed by atoms with Gasteiger partial charge in [-0.2, -0.15) is 0 Å². The minimum atomic E-state index is -0.381. The first-order valence-corrected chi connectivity index (χ1v) is 7.47. The second-order valence-corrected chi connectivity index (χ2v) is 5.58. The molecule has 3 aromatic rings. The van der Waals surface area contributed by atoms with Crippen LogP contribution in [-0.2, 0) is 0 Å². The van der Waals surface area contributed by atoms with Gasteiger partial charge in [-0.1, -0.05) is 30.3 Å². The van der Waals surface area contributed by atoms with Crippen molar-refractivity contribution < 1.29 is 9.18 Å². The lowest BCUT2D eigenvalue weighted by Crippen LogP contribution is -2.27. The Morgan fingerprint density at radius 2 is 1.87 bits per heavy atom. The van der Waals surface area contributed by atoms with E-state index in [2.05, 4.69) is 10.3 Å². The standard InChI is InChI=1S/C19H17FN2O/c1-12-10-17(16-11-15(20)8-9-18(16)21-12)19(23)22-13(2)14-6-4-3-5-7-14/h3-11,13H,1-2H3,(H,22,23)/t13-/m1/s1. The quantitative estimate of drug-likeness (QED) is 0.789. The lowest BCUT2D eigenvalue weighted by atomic mass is 10.0. The molecule has 3 nitrogen and oxygen atoms in total. The molecule has 1 heterocycles. The van der Waals surface area contributed by atoms with Crippen LogP contribution in [0.4, 0.5) is 4.39 Å². The molecule has 1 amide bonds. The fourth-order valence-electron chi connectivity index (χ4n) is 2.62. The van der Waals surface area contributed by atoms with E-state index < -0.39 is 0 Å². The Balaban J connectivity index is 1.96. The van der Waals surface area contributed by atoms with Gasteiger partial charge in [0, 0.05) is 11.1 Å². The molecule has 0 aliphatic carbocycles. The largest absolute Gasteiger partial charge is 0.345 e. The van der Waals surface area contributed by atoms with E-state index in [0.29, 0.717) is 16.5 Å². The number of aryl methyl sites for hydroxylation is 1. The van der Waals surface area contributed by atoms with Crippen LogP contribution in [0.15, 0.2) is 54.6 Å². The van der Waals surface area contributed by atoms with Gasteiger partial charge in [0.05, 0.1) is 17.1 Å². The number of aromatic nitrogens is 1. The number of halogens is 1. The summed E-state index contributed by atoms with van der Waals surface area (Å²) in [5, 5.41) is 3.48. The molecular weight excluding hydrogens is 291 g/mol. The van der Waals surface area contributed by atoms with E-state index in [-0.39, 0.29) is 17.8 Å². The zero-order valence-corrected chi connectivity index (χ0v) is 13.0. The van der Waals surface area contributed by atoms with Gasteiger partial charge in [0.1, 0.15) is 5.82 Å². The number of hydrogen-bond acceptors (Lipinski definition) is 2. The molecule has 0 bridgehead atoms. The van der Waals surface area contributed by atoms with Gasteiger partial charge in [-0.25, -0.2) is 4.39 Å². The third-order valence-corrected chi connectivity index (χ3v) is 3.79. The molecule has 1 aromatic heterocycles. The van der Waals surface area contributed by atoms with Crippen LogP contribution in [0.2, 0.25) is 0 Å². The molecule has 1 atom stereocenters. The van der Waals surface area contributed by atoms with E-state index in [1.54, 1.807) is 12.1 Å². The van der Waals surface area contributed by atoms with Gasteiger partial charge >= 0.3 is 0 Å². The summed E-state index contributed by atoms with van der Waals surface area (Å²) in [6.45, 7) is 3.74. The van der Waals surface area contributed by atoms with Crippen LogP contribution in [0.3, 0.4) is 0 Å². The Hall–Kier alpha value is -2.75. The maximum absolute atomic E-state index is 13.5. The van der Waals surface area contributed by atoms with Gasteiger partial charge in [-0.15, -0.1) is 0 Å². The summed E-state index contributed by atoms with van der Waals surface area (Å²) in [5.41, 5.74) is 2.79. The molecule has 0 unspecified atom stereocenters. The van der Waals surface area contributed by atoms with Crippen molar-refractivity contribution in [1.82, 2.24) is 10.3 Å². The van der Waals surface area contributed by atoms with Crippen molar-refractivity contribution in [3.8, 4) is 0 Å². The average Bonchev–Trinajstić information content (AvgIpc) is 2.55. The highest BCUT2D eigenvalue weighted by Crippen LogP contribution is 2.21. The van der Waals surface area contributed by atoms with E-state index in [1.165, 1.54) is 12.1 Å². The molecule has 1 N–H and O–H groups in total. The Morgan fingerprint density at radius 3 is 2.61 bits per heavy atom. The van der Waals surface area contributed by atoms with E-state index in [1.807, 2.05) is 44.2 Å². The topological polar surface area (TPSA) is 42.0 Å². The van der Waals surface area contributed by atoms with Crippen molar-refractivity contribution in [3.63, 3.8) is 0 Å². The Labute approximate surface area is 134 Å². The molecule has 0 spiro atoms. The fourth-order valence-corrected chi connectivity index (χ4v) is 2.62. The molecule has 4 heteroatoms. The SMILES string of the molecule is Cc1cc(C(=O)N[C@H](C)c2ccccc2)c2cc(F)ccc2n1. The van der Waals surface area contributed by atoms with Crippen molar-refractivity contribution in [2.75, 3.05) is 0 Å². The molecule has 23 heavy (non-hydrogen) atoms. The smallest absolute Gasteiger partial charge is 0.252 e. The summed E-state index contributed by atoms with van der Waals surface area (Å²) in [5.74, 6) is -0.615. The first-order chi connectivity index (χ1) is 11.0. The number of carbonyl (C=O) groups excluding carboxylic acids is 1. The van der Waals surface area contributed by atoms with Crippen LogP contribution >= 0.6 is 0 Å². The van der Waals surface area contributed by atoms with Gasteiger partial charge in [0.2, 0.25) is 0 Å². The highest BCUT2D eigenvalue weighted by Gasteiger charge is 2.15. The lowest BCUT2D eigenvalue weighted by molar-refractivity contribution is 0.0941. The zero-order valence-electron chi connectivity index (χ0n) is 13.0. The number of carbonyl (C=O) groups is 1. The summed E-state index contributed by atoms with van der Waals surface area (Å²) in [7, 11) is 0. The zero-order chi connectivity index (χ0) is 16.4. The van der Waals surface area contributed by atoms with E-state index >= 15 is 0 Å². The number of nitrogens with one attached hydrogen (secondary N) is 1. The van der Waals surface area contributed by atoms with Crippen LogP contribution in [0.1, 0.15) is 34.6 Å². The van der Waals surface area contributed by atoms with Crippen molar-refractivity contribution in [3.05, 3.63) is 77.2 Å². The van der Waals surface area contributed by atoms with Crippen molar-refractivity contribution in [2.24, 2.45) is 0 Å². The van der Waals surface area contributed by atoms with Gasteiger partial charge in [0.15, 0.2) is 0 Å². The van der Waals surface area contributed by atoms with Crippen LogP contribution in [-0.4, -0.2) is 10.9 Å². The second-order valence-electron chi connectivity index (χ2n) is 5.58. The van der Waals surface area contributed by atoms with Crippen LogP contribution in [0.25, 0.3) is 10.9 Å². The molecule has 0 fully saturated rings. The summed E-state index contributed by atoms with van der Waals surface area (Å²) < 4.78 is 13.5. The third-order valence-electron chi connectivity index (χ3n) is 3.79. The molecule has 3 rings (SSSR count). The molecule has 116 valence electrons. The summed E-state index contributed by atoms with van der Waals surface area (Å²) in [6, 6.07) is 15.6. The van der Waals surface area contributed by atoms with Crippen molar-refractivity contribution in [2.45, 2.75) is 19.9 Å². The average molecular weight is 308 g/mol. The van der Waals surface area contributed by atoms with Crippen LogP contribution < -0.4 is 5.32 Å². The van der Waals surface area contributed by atoms with Crippen LogP contribution in [0.5, 0.6) is 0 Å². The lowest BCUT2D eigenvalue weighted by Gasteiger charge is -2.15. The molecule has 0 aliphatic heterocycles. The fraction of sp³-hybridized carbons (Fsp3) is 0.158. The van der Waals surface area contributed by atoms with Gasteiger partial charge in [-0.3, -0.25) is 9.78 Å². The van der Waals surface area contributed by atoms with Crippen molar-refractivity contribution in [1.29, 1.82) is 0 Å². The number of hydrogen-bond donors (Lipinski definition) is 1. The van der Waals surface area contributed by atoms with Crippen molar-refractivity contribution >= 4 is 16.8 Å². The Morgan fingerprint density at radius 1 is 1.13 bits per heavy atom. The first-order valence-electron chi connectivity index (χ1n) is 7.47. The maximum Gasteiger partial charge on any atom is 0.252 e. The molecule has 0 saturated heterocycles. The normalized spacial score (nSPS) is 12.1. The van der Waals surface area contributed by atoms with Gasteiger partial charge < -0.3 is 5.32 Å². The van der Waals surface area contributed by atoms with Gasteiger partial charge in [-0.05, 0) is 43.7 Å². The third kappa shape index (κ3) is 3.21. The highest BCUT2D eigenvalue weighted by molar-refractivity contribution is 6.06. The summed E-state index contributed by atoms with van der Waals surface area (Å²) in [6.07, 6.45) is 0. The number of benzene rings is 2. The van der Waals surface area contributed by atoms with Gasteiger partial charge in [0.25, 0.3) is 5.91 Å². The molecule has 2 aromatic carbocycles. The van der Waals surface area contributed by atoms with E-state index in [4.69, 9.17) is 0 Å². The first kappa shape index (κ1) is 15.2. The molecule has 0 aliphatic rings. The number of fused-ring (bicyclic) bond motifs is 1. The molecule has 0 saturated carbocycles. The van der Waals surface area contributed by atoms with Crippen LogP contribution in [0, 0.1) is 12.7 Å². The second kappa shape index (κ2) is 6.16. The minimum absolute atomic E-state index is 0.138. The summed E-state index contributed by atoms with van der Waals surface area (Å²) in [4.78, 5) is 17.0. The Kier molecular flexibility index (Phi) is 4.06. The van der Waals surface area contributed by atoms with E-state index in [9.17, 15) is 9.18 Å².